The van der Waals surface area contributed by atoms with E-state index in [9.17, 15) is 21.4 Å². The first-order valence-electron chi connectivity index (χ1n) is 11.7. The summed E-state index contributed by atoms with van der Waals surface area (Å²) >= 11 is 0. The average molecular weight is 497 g/mol. The van der Waals surface area contributed by atoms with Crippen LogP contribution in [0.15, 0.2) is 52.3 Å². The van der Waals surface area contributed by atoms with Gasteiger partial charge < -0.3 is 0 Å². The fourth-order valence-corrected chi connectivity index (χ4v) is 6.51. The smallest absolute Gasteiger partial charge is 0.282 e. The van der Waals surface area contributed by atoms with E-state index in [0.29, 0.717) is 18.4 Å². The van der Waals surface area contributed by atoms with Crippen LogP contribution in [0.3, 0.4) is 0 Å². The molecule has 2 rings (SSSR count). The maximum absolute atomic E-state index is 12.8. The monoisotopic (exact) mass is 496 g/mol. The largest absolute Gasteiger partial charge is 0.298 e. The SMILES string of the molecule is CCCCCCCCCCCCc1ccc(-c2ccccc2)c(S(=O)(=O)OC)c1S(=O)(=O)O. The molecule has 0 radical (unpaired) electrons. The summed E-state index contributed by atoms with van der Waals surface area (Å²) in [5.74, 6) is 0. The van der Waals surface area contributed by atoms with Crippen LogP contribution >= 0.6 is 0 Å². The van der Waals surface area contributed by atoms with Crippen molar-refractivity contribution in [3.63, 3.8) is 0 Å². The van der Waals surface area contributed by atoms with Crippen LogP contribution in [-0.4, -0.2) is 28.5 Å². The zero-order chi connectivity index (χ0) is 24.3. The second-order valence-electron chi connectivity index (χ2n) is 8.32. The van der Waals surface area contributed by atoms with Gasteiger partial charge in [0.1, 0.15) is 9.79 Å². The van der Waals surface area contributed by atoms with E-state index in [4.69, 9.17) is 0 Å². The first kappa shape index (κ1) is 27.5. The lowest BCUT2D eigenvalue weighted by Gasteiger charge is -2.17. The minimum atomic E-state index is -4.81. The zero-order valence-corrected chi connectivity index (χ0v) is 21.3. The van der Waals surface area contributed by atoms with Gasteiger partial charge in [0.05, 0.1) is 7.11 Å². The van der Waals surface area contributed by atoms with Gasteiger partial charge in [0.2, 0.25) is 0 Å². The topological polar surface area (TPSA) is 97.7 Å². The van der Waals surface area contributed by atoms with Gasteiger partial charge in [0, 0.05) is 5.56 Å². The number of hydrogen-bond acceptors (Lipinski definition) is 5. The second-order valence-corrected chi connectivity index (χ2v) is 11.3. The van der Waals surface area contributed by atoms with Crippen molar-refractivity contribution in [3.05, 3.63) is 48.0 Å². The molecule has 0 aliphatic heterocycles. The fourth-order valence-electron chi connectivity index (χ4n) is 4.06. The summed E-state index contributed by atoms with van der Waals surface area (Å²) in [7, 11) is -8.24. The summed E-state index contributed by atoms with van der Waals surface area (Å²) in [4.78, 5) is -1.09. The predicted molar refractivity (Wildman–Crippen MR) is 131 cm³/mol. The highest BCUT2D eigenvalue weighted by atomic mass is 32.2. The van der Waals surface area contributed by atoms with Crippen molar-refractivity contribution in [2.75, 3.05) is 7.11 Å². The minimum absolute atomic E-state index is 0.178. The Balaban J connectivity index is 2.20. The number of benzene rings is 2. The summed E-state index contributed by atoms with van der Waals surface area (Å²) in [6.07, 6.45) is 11.7. The molecule has 0 saturated heterocycles. The molecule has 2 aromatic rings. The summed E-state index contributed by atoms with van der Waals surface area (Å²) < 4.78 is 64.9. The van der Waals surface area contributed by atoms with Gasteiger partial charge in [-0.25, -0.2) is 0 Å². The van der Waals surface area contributed by atoms with Crippen LogP contribution in [-0.2, 0) is 30.8 Å². The second kappa shape index (κ2) is 13.2. The van der Waals surface area contributed by atoms with Crippen molar-refractivity contribution in [2.24, 2.45) is 0 Å². The summed E-state index contributed by atoms with van der Waals surface area (Å²) in [6.45, 7) is 2.20. The summed E-state index contributed by atoms with van der Waals surface area (Å²) in [6, 6.07) is 11.8. The van der Waals surface area contributed by atoms with Crippen LogP contribution in [0.2, 0.25) is 0 Å². The van der Waals surface area contributed by atoms with Crippen molar-refractivity contribution < 1.29 is 25.6 Å². The molecule has 33 heavy (non-hydrogen) atoms. The van der Waals surface area contributed by atoms with Gasteiger partial charge in [0.15, 0.2) is 0 Å². The standard InChI is InChI=1S/C25H36O6S2/c1-3-4-5-6-7-8-9-10-11-13-18-22-19-20-23(21-16-14-12-15-17-21)25(33(29,30)31-2)24(22)32(26,27)28/h12,14-17,19-20H,3-11,13,18H2,1-2H3,(H,26,27,28). The van der Waals surface area contributed by atoms with Crippen molar-refractivity contribution in [1.29, 1.82) is 0 Å². The average Bonchev–Trinajstić information content (AvgIpc) is 2.79. The van der Waals surface area contributed by atoms with E-state index < -0.39 is 30.0 Å². The van der Waals surface area contributed by atoms with Crippen molar-refractivity contribution in [2.45, 2.75) is 87.3 Å². The molecule has 0 atom stereocenters. The van der Waals surface area contributed by atoms with Gasteiger partial charge in [0.25, 0.3) is 20.2 Å². The van der Waals surface area contributed by atoms with E-state index in [1.807, 2.05) is 0 Å². The molecule has 1 N–H and O–H groups in total. The Bertz CT molecular complexity index is 1080. The van der Waals surface area contributed by atoms with Crippen LogP contribution in [0.1, 0.15) is 76.7 Å². The van der Waals surface area contributed by atoms with E-state index in [0.717, 1.165) is 26.4 Å². The highest BCUT2D eigenvalue weighted by Crippen LogP contribution is 2.36. The Kier molecular flexibility index (Phi) is 11.0. The van der Waals surface area contributed by atoms with E-state index in [1.165, 1.54) is 38.5 Å². The number of rotatable bonds is 15. The Hall–Kier alpha value is -1.74. The highest BCUT2D eigenvalue weighted by molar-refractivity contribution is 7.89. The third kappa shape index (κ3) is 8.21. The molecule has 0 fully saturated rings. The third-order valence-corrected chi connectivity index (χ3v) is 8.28. The van der Waals surface area contributed by atoms with Crippen molar-refractivity contribution >= 4 is 20.2 Å². The van der Waals surface area contributed by atoms with Crippen LogP contribution in [0, 0.1) is 0 Å². The van der Waals surface area contributed by atoms with Gasteiger partial charge in [-0.2, -0.15) is 16.8 Å². The molecule has 0 aliphatic carbocycles. The Morgan fingerprint density at radius 1 is 0.727 bits per heavy atom. The zero-order valence-electron chi connectivity index (χ0n) is 19.6. The molecule has 0 aliphatic rings. The first-order valence-corrected chi connectivity index (χ1v) is 14.6. The molecule has 0 bridgehead atoms. The molecule has 6 nitrogen and oxygen atoms in total. The molecular formula is C25H36O6S2. The van der Waals surface area contributed by atoms with Crippen LogP contribution < -0.4 is 0 Å². The van der Waals surface area contributed by atoms with E-state index in [2.05, 4.69) is 11.1 Å². The molecule has 0 aromatic heterocycles. The van der Waals surface area contributed by atoms with Crippen molar-refractivity contribution in [3.8, 4) is 11.1 Å². The Labute approximate surface area is 199 Å². The number of hydrogen-bond donors (Lipinski definition) is 1. The summed E-state index contributed by atoms with van der Waals surface area (Å²) in [5, 5.41) is 0. The Morgan fingerprint density at radius 3 is 1.79 bits per heavy atom. The number of unbranched alkanes of at least 4 members (excludes halogenated alkanes) is 9. The lowest BCUT2D eigenvalue weighted by molar-refractivity contribution is 0.394. The fraction of sp³-hybridized carbons (Fsp3) is 0.520. The maximum Gasteiger partial charge on any atom is 0.298 e. The molecule has 0 heterocycles. The summed E-state index contributed by atoms with van der Waals surface area (Å²) in [5.41, 5.74) is 0.979. The molecule has 8 heteroatoms. The Morgan fingerprint density at radius 2 is 1.27 bits per heavy atom. The van der Waals surface area contributed by atoms with Crippen LogP contribution in [0.4, 0.5) is 0 Å². The van der Waals surface area contributed by atoms with E-state index in [1.54, 1.807) is 42.5 Å². The molecule has 0 unspecified atom stereocenters. The normalized spacial score (nSPS) is 12.2. The van der Waals surface area contributed by atoms with Crippen LogP contribution in [0.5, 0.6) is 0 Å². The van der Waals surface area contributed by atoms with Gasteiger partial charge in [-0.15, -0.1) is 0 Å². The molecule has 0 amide bonds. The highest BCUT2D eigenvalue weighted by Gasteiger charge is 2.32. The van der Waals surface area contributed by atoms with Crippen LogP contribution in [0.25, 0.3) is 11.1 Å². The first-order chi connectivity index (χ1) is 15.7. The number of aryl methyl sites for hydroxylation is 1. The molecule has 2 aromatic carbocycles. The molecule has 0 spiro atoms. The quantitative estimate of drug-likeness (QED) is 0.174. The lowest BCUT2D eigenvalue weighted by Crippen LogP contribution is -2.15. The minimum Gasteiger partial charge on any atom is -0.282 e. The predicted octanol–water partition coefficient (Wildman–Crippen LogP) is 6.40. The molecular weight excluding hydrogens is 460 g/mol. The van der Waals surface area contributed by atoms with E-state index in [-0.39, 0.29) is 11.1 Å². The van der Waals surface area contributed by atoms with Gasteiger partial charge >= 0.3 is 0 Å². The van der Waals surface area contributed by atoms with Gasteiger partial charge in [-0.1, -0.05) is 107 Å². The third-order valence-electron chi connectivity index (χ3n) is 5.81. The lowest BCUT2D eigenvalue weighted by atomic mass is 10.00. The molecule has 0 saturated carbocycles. The van der Waals surface area contributed by atoms with E-state index >= 15 is 0 Å². The molecule has 184 valence electrons. The van der Waals surface area contributed by atoms with Gasteiger partial charge in [-0.05, 0) is 24.0 Å². The maximum atomic E-state index is 12.8. The van der Waals surface area contributed by atoms with Crippen molar-refractivity contribution in [1.82, 2.24) is 0 Å². The van der Waals surface area contributed by atoms with Gasteiger partial charge in [-0.3, -0.25) is 8.74 Å².